The normalized spacial score (nSPS) is 24.4. The molecule has 1 fully saturated rings. The number of nitrogens with zero attached hydrogens (tertiary/aromatic N) is 2. The second kappa shape index (κ2) is 6.00. The first-order valence-electron chi connectivity index (χ1n) is 7.92. The van der Waals surface area contributed by atoms with Gasteiger partial charge in [0.15, 0.2) is 0 Å². The molecule has 0 spiro atoms. The number of carbonyl (C=O) groups excluding carboxylic acids is 1. The van der Waals surface area contributed by atoms with E-state index in [1.54, 1.807) is 0 Å². The second-order valence-electron chi connectivity index (χ2n) is 6.18. The highest BCUT2D eigenvalue weighted by molar-refractivity contribution is 5.78. The Morgan fingerprint density at radius 1 is 1.30 bits per heavy atom. The monoisotopic (exact) mass is 275 g/mol. The summed E-state index contributed by atoms with van der Waals surface area (Å²) in [6, 6.07) is 5.00. The third kappa shape index (κ3) is 2.90. The second-order valence-corrected chi connectivity index (χ2v) is 6.18. The van der Waals surface area contributed by atoms with Gasteiger partial charge >= 0.3 is 0 Å². The van der Waals surface area contributed by atoms with Gasteiger partial charge in [0.05, 0.1) is 6.54 Å². The van der Waals surface area contributed by atoms with Gasteiger partial charge in [-0.15, -0.1) is 0 Å². The Morgan fingerprint density at radius 2 is 2.10 bits per heavy atom. The number of nitrogens with one attached hydrogen (secondary N) is 1. The summed E-state index contributed by atoms with van der Waals surface area (Å²) in [5.74, 6) is 0.198. The molecule has 3 rings (SSSR count). The van der Waals surface area contributed by atoms with Crippen molar-refractivity contribution >= 4 is 5.91 Å². The molecular weight excluding hydrogens is 250 g/mol. The van der Waals surface area contributed by atoms with E-state index >= 15 is 0 Å². The van der Waals surface area contributed by atoms with Gasteiger partial charge in [-0.3, -0.25) is 9.69 Å². The molecule has 1 aliphatic carbocycles. The highest BCUT2D eigenvalue weighted by atomic mass is 16.2. The van der Waals surface area contributed by atoms with E-state index in [9.17, 15) is 4.79 Å². The third-order valence-electron chi connectivity index (χ3n) is 4.79. The molecule has 2 heterocycles. The molecule has 1 amide bonds. The van der Waals surface area contributed by atoms with Gasteiger partial charge in [-0.2, -0.15) is 0 Å². The smallest absolute Gasteiger partial charge is 0.234 e. The van der Waals surface area contributed by atoms with Crippen molar-refractivity contribution in [1.82, 2.24) is 14.8 Å². The number of amides is 1. The van der Waals surface area contributed by atoms with Crippen LogP contribution in [0.1, 0.15) is 50.8 Å². The van der Waals surface area contributed by atoms with Gasteiger partial charge in [0, 0.05) is 37.1 Å². The summed E-state index contributed by atoms with van der Waals surface area (Å²) in [5, 5.41) is 3.22. The summed E-state index contributed by atoms with van der Waals surface area (Å²) >= 11 is 0. The fourth-order valence-corrected chi connectivity index (χ4v) is 3.55. The summed E-state index contributed by atoms with van der Waals surface area (Å²) in [4.78, 5) is 14.5. The van der Waals surface area contributed by atoms with Crippen LogP contribution in [0.4, 0.5) is 0 Å². The molecule has 1 aromatic heterocycles. The van der Waals surface area contributed by atoms with Gasteiger partial charge < -0.3 is 9.88 Å². The summed E-state index contributed by atoms with van der Waals surface area (Å²) in [6.45, 7) is 4.67. The fraction of sp³-hybridized carbons (Fsp3) is 0.688. The van der Waals surface area contributed by atoms with Crippen LogP contribution >= 0.6 is 0 Å². The van der Waals surface area contributed by atoms with Crippen LogP contribution < -0.4 is 5.32 Å². The maximum absolute atomic E-state index is 12.2. The lowest BCUT2D eigenvalue weighted by Crippen LogP contribution is -2.46. The zero-order valence-electron chi connectivity index (χ0n) is 12.3. The standard InChI is InChI=1S/C16H25N3O/c1-13-15-8-5-9-18(15)10-11-19(13)12-16(20)17-14-6-3-2-4-7-14/h5,8-9,13-14H,2-4,6-7,10-12H2,1H3,(H,17,20)/t13-/m1/s1. The Bertz CT molecular complexity index is 462. The van der Waals surface area contributed by atoms with Gasteiger partial charge in [-0.1, -0.05) is 19.3 Å². The van der Waals surface area contributed by atoms with E-state index in [2.05, 4.69) is 40.0 Å². The van der Waals surface area contributed by atoms with E-state index in [1.165, 1.54) is 25.0 Å². The maximum Gasteiger partial charge on any atom is 0.234 e. The van der Waals surface area contributed by atoms with E-state index in [1.807, 2.05) is 0 Å². The average Bonchev–Trinajstić information content (AvgIpc) is 2.92. The number of hydrogen-bond acceptors (Lipinski definition) is 2. The first-order chi connectivity index (χ1) is 9.74. The van der Waals surface area contributed by atoms with E-state index in [4.69, 9.17) is 0 Å². The third-order valence-corrected chi connectivity index (χ3v) is 4.79. The average molecular weight is 275 g/mol. The summed E-state index contributed by atoms with van der Waals surface area (Å²) in [6.07, 6.45) is 8.29. The molecule has 2 aliphatic rings. The minimum absolute atomic E-state index is 0.198. The molecule has 0 bridgehead atoms. The lowest BCUT2D eigenvalue weighted by Gasteiger charge is -2.34. The highest BCUT2D eigenvalue weighted by Gasteiger charge is 2.25. The minimum atomic E-state index is 0.198. The van der Waals surface area contributed by atoms with Crippen molar-refractivity contribution < 1.29 is 4.79 Å². The molecule has 1 saturated carbocycles. The largest absolute Gasteiger partial charge is 0.352 e. The predicted molar refractivity (Wildman–Crippen MR) is 79.4 cm³/mol. The van der Waals surface area contributed by atoms with Crippen LogP contribution in [0.2, 0.25) is 0 Å². The first kappa shape index (κ1) is 13.7. The van der Waals surface area contributed by atoms with E-state index < -0.39 is 0 Å². The van der Waals surface area contributed by atoms with E-state index in [0.29, 0.717) is 18.6 Å². The van der Waals surface area contributed by atoms with Crippen LogP contribution in [-0.4, -0.2) is 34.5 Å². The Labute approximate surface area is 121 Å². The Balaban J connectivity index is 1.54. The van der Waals surface area contributed by atoms with Gasteiger partial charge in [-0.25, -0.2) is 0 Å². The van der Waals surface area contributed by atoms with Crippen LogP contribution in [-0.2, 0) is 11.3 Å². The van der Waals surface area contributed by atoms with Crippen LogP contribution in [0, 0.1) is 0 Å². The van der Waals surface area contributed by atoms with Crippen LogP contribution in [0.15, 0.2) is 18.3 Å². The van der Waals surface area contributed by atoms with E-state index in [-0.39, 0.29) is 5.91 Å². The number of hydrogen-bond donors (Lipinski definition) is 1. The maximum atomic E-state index is 12.2. The molecule has 1 aliphatic heterocycles. The van der Waals surface area contributed by atoms with Gasteiger partial charge in [0.25, 0.3) is 0 Å². The molecule has 4 heteroatoms. The Hall–Kier alpha value is -1.29. The van der Waals surface area contributed by atoms with Crippen molar-refractivity contribution in [3.8, 4) is 0 Å². The highest BCUT2D eigenvalue weighted by Crippen LogP contribution is 2.25. The molecule has 1 N–H and O–H groups in total. The molecule has 4 nitrogen and oxygen atoms in total. The summed E-state index contributed by atoms with van der Waals surface area (Å²) in [5.41, 5.74) is 1.32. The van der Waals surface area contributed by atoms with Crippen molar-refractivity contribution in [3.05, 3.63) is 24.0 Å². The molecule has 0 unspecified atom stereocenters. The van der Waals surface area contributed by atoms with Gasteiger partial charge in [-0.05, 0) is 31.9 Å². The van der Waals surface area contributed by atoms with Crippen LogP contribution in [0.5, 0.6) is 0 Å². The lowest BCUT2D eigenvalue weighted by molar-refractivity contribution is -0.124. The van der Waals surface area contributed by atoms with Gasteiger partial charge in [0.1, 0.15) is 0 Å². The van der Waals surface area contributed by atoms with Gasteiger partial charge in [0.2, 0.25) is 5.91 Å². The Kier molecular flexibility index (Phi) is 4.10. The predicted octanol–water partition coefficient (Wildman–Crippen LogP) is 2.31. The van der Waals surface area contributed by atoms with Crippen molar-refractivity contribution in [1.29, 1.82) is 0 Å². The van der Waals surface area contributed by atoms with Crippen LogP contribution in [0.3, 0.4) is 0 Å². The van der Waals surface area contributed by atoms with Crippen LogP contribution in [0.25, 0.3) is 0 Å². The first-order valence-corrected chi connectivity index (χ1v) is 7.92. The Morgan fingerprint density at radius 3 is 2.90 bits per heavy atom. The SMILES string of the molecule is C[C@@H]1c2cccn2CCN1CC(=O)NC1CCCCC1. The number of aromatic nitrogens is 1. The molecule has 0 saturated heterocycles. The summed E-state index contributed by atoms with van der Waals surface area (Å²) in [7, 11) is 0. The topological polar surface area (TPSA) is 37.3 Å². The molecule has 0 aromatic carbocycles. The molecule has 1 aromatic rings. The quantitative estimate of drug-likeness (QED) is 0.919. The molecule has 20 heavy (non-hydrogen) atoms. The van der Waals surface area contributed by atoms with Crippen molar-refractivity contribution in [3.63, 3.8) is 0 Å². The summed E-state index contributed by atoms with van der Waals surface area (Å²) < 4.78 is 2.29. The van der Waals surface area contributed by atoms with Crippen molar-refractivity contribution in [2.75, 3.05) is 13.1 Å². The zero-order chi connectivity index (χ0) is 13.9. The zero-order valence-corrected chi connectivity index (χ0v) is 12.3. The molecule has 110 valence electrons. The lowest BCUT2D eigenvalue weighted by atomic mass is 9.95. The molecular formula is C16H25N3O. The molecule has 0 radical (unpaired) electrons. The molecule has 1 atom stereocenters. The van der Waals surface area contributed by atoms with E-state index in [0.717, 1.165) is 25.9 Å². The number of fused-ring (bicyclic) bond motifs is 1. The minimum Gasteiger partial charge on any atom is -0.352 e. The number of rotatable bonds is 3. The fourth-order valence-electron chi connectivity index (χ4n) is 3.55. The van der Waals surface area contributed by atoms with Crippen molar-refractivity contribution in [2.24, 2.45) is 0 Å². The number of carbonyl (C=O) groups is 1. The van der Waals surface area contributed by atoms with Crippen molar-refractivity contribution in [2.45, 2.75) is 57.7 Å².